The number of halogens is 1. The fourth-order valence-corrected chi connectivity index (χ4v) is 3.90. The number of unbranched alkanes of at least 4 members (excludes halogenated alkanes) is 1. The van der Waals surface area contributed by atoms with E-state index < -0.39 is 0 Å². The molecule has 0 aromatic rings. The van der Waals surface area contributed by atoms with Gasteiger partial charge in [0.2, 0.25) is 0 Å². The number of hydrogen-bond donors (Lipinski definition) is 1. The summed E-state index contributed by atoms with van der Waals surface area (Å²) < 4.78 is 0. The standard InChI is InChI=1S/C16H32N4S.HI/c1-17-16(18-8-3-6-12-21-2)20-11-7-15(14-20)13-19-9-4-5-10-19;/h15H,3-14H2,1-2H3,(H,17,18);1H. The second kappa shape index (κ2) is 11.8. The van der Waals surface area contributed by atoms with Crippen molar-refractivity contribution in [2.24, 2.45) is 10.9 Å². The fraction of sp³-hybridized carbons (Fsp3) is 0.938. The molecule has 0 aromatic heterocycles. The molecule has 2 aliphatic rings. The molecule has 22 heavy (non-hydrogen) atoms. The van der Waals surface area contributed by atoms with E-state index in [0.717, 1.165) is 18.4 Å². The molecule has 130 valence electrons. The number of nitrogens with zero attached hydrogens (tertiary/aromatic N) is 3. The van der Waals surface area contributed by atoms with Gasteiger partial charge in [0, 0.05) is 33.2 Å². The molecule has 2 heterocycles. The van der Waals surface area contributed by atoms with Crippen LogP contribution in [0.4, 0.5) is 0 Å². The van der Waals surface area contributed by atoms with Gasteiger partial charge >= 0.3 is 0 Å². The Morgan fingerprint density at radius 2 is 2.00 bits per heavy atom. The van der Waals surface area contributed by atoms with Crippen LogP contribution in [0.1, 0.15) is 32.1 Å². The Bertz CT molecular complexity index is 321. The van der Waals surface area contributed by atoms with Crippen molar-refractivity contribution in [1.29, 1.82) is 0 Å². The van der Waals surface area contributed by atoms with Gasteiger partial charge in [0.25, 0.3) is 0 Å². The van der Waals surface area contributed by atoms with Gasteiger partial charge in [0.05, 0.1) is 0 Å². The number of hydrogen-bond acceptors (Lipinski definition) is 3. The van der Waals surface area contributed by atoms with Gasteiger partial charge in [-0.2, -0.15) is 11.8 Å². The lowest BCUT2D eigenvalue weighted by Crippen LogP contribution is -2.41. The molecule has 2 fully saturated rings. The van der Waals surface area contributed by atoms with Gasteiger partial charge in [-0.05, 0) is 63.1 Å². The molecule has 2 aliphatic heterocycles. The molecule has 0 saturated carbocycles. The second-order valence-electron chi connectivity index (χ2n) is 6.28. The van der Waals surface area contributed by atoms with Gasteiger partial charge < -0.3 is 15.1 Å². The molecule has 0 aliphatic carbocycles. The van der Waals surface area contributed by atoms with Crippen molar-refractivity contribution in [2.75, 3.05) is 58.3 Å². The van der Waals surface area contributed by atoms with Crippen LogP contribution in [0.25, 0.3) is 0 Å². The summed E-state index contributed by atoms with van der Waals surface area (Å²) in [6.07, 6.45) is 8.83. The van der Waals surface area contributed by atoms with E-state index in [2.05, 4.69) is 26.4 Å². The summed E-state index contributed by atoms with van der Waals surface area (Å²) in [4.78, 5) is 9.57. The molecule has 4 nitrogen and oxygen atoms in total. The van der Waals surface area contributed by atoms with E-state index in [1.165, 1.54) is 70.6 Å². The molecular weight excluding hydrogens is 407 g/mol. The van der Waals surface area contributed by atoms with Crippen LogP contribution in [0.2, 0.25) is 0 Å². The van der Waals surface area contributed by atoms with Gasteiger partial charge in [-0.3, -0.25) is 4.99 Å². The van der Waals surface area contributed by atoms with Crippen molar-refractivity contribution in [1.82, 2.24) is 15.1 Å². The molecule has 1 unspecified atom stereocenters. The summed E-state index contributed by atoms with van der Waals surface area (Å²) in [5.41, 5.74) is 0. The van der Waals surface area contributed by atoms with Crippen LogP contribution in [0, 0.1) is 5.92 Å². The second-order valence-corrected chi connectivity index (χ2v) is 7.27. The number of likely N-dealkylation sites (tertiary alicyclic amines) is 2. The van der Waals surface area contributed by atoms with Gasteiger partial charge in [0.15, 0.2) is 5.96 Å². The van der Waals surface area contributed by atoms with Gasteiger partial charge in [-0.15, -0.1) is 24.0 Å². The highest BCUT2D eigenvalue weighted by Gasteiger charge is 2.27. The number of nitrogens with one attached hydrogen (secondary N) is 1. The lowest BCUT2D eigenvalue weighted by atomic mass is 10.1. The van der Waals surface area contributed by atoms with E-state index in [4.69, 9.17) is 0 Å². The van der Waals surface area contributed by atoms with Crippen molar-refractivity contribution in [2.45, 2.75) is 32.1 Å². The summed E-state index contributed by atoms with van der Waals surface area (Å²) in [5, 5.41) is 3.54. The summed E-state index contributed by atoms with van der Waals surface area (Å²) in [6, 6.07) is 0. The van der Waals surface area contributed by atoms with Crippen molar-refractivity contribution in [3.63, 3.8) is 0 Å². The van der Waals surface area contributed by atoms with Crippen molar-refractivity contribution in [3.8, 4) is 0 Å². The molecule has 0 radical (unpaired) electrons. The molecule has 0 aromatic carbocycles. The zero-order chi connectivity index (χ0) is 14.9. The van der Waals surface area contributed by atoms with E-state index in [0.29, 0.717) is 0 Å². The van der Waals surface area contributed by atoms with Crippen LogP contribution in [0.15, 0.2) is 4.99 Å². The Labute approximate surface area is 157 Å². The Hall–Kier alpha value is 0.310. The number of rotatable bonds is 7. The Morgan fingerprint density at radius 3 is 2.68 bits per heavy atom. The topological polar surface area (TPSA) is 30.9 Å². The Balaban J connectivity index is 0.00000242. The molecule has 2 saturated heterocycles. The summed E-state index contributed by atoms with van der Waals surface area (Å²) in [5.74, 6) is 3.21. The average molecular weight is 440 g/mol. The third-order valence-corrected chi connectivity index (χ3v) is 5.27. The predicted octanol–water partition coefficient (Wildman–Crippen LogP) is 2.74. The minimum absolute atomic E-state index is 0. The minimum atomic E-state index is 0. The van der Waals surface area contributed by atoms with E-state index in [1.807, 2.05) is 18.8 Å². The first-order valence-electron chi connectivity index (χ1n) is 8.50. The monoisotopic (exact) mass is 440 g/mol. The number of thioether (sulfide) groups is 1. The van der Waals surface area contributed by atoms with E-state index >= 15 is 0 Å². The van der Waals surface area contributed by atoms with Crippen LogP contribution < -0.4 is 5.32 Å². The molecule has 0 amide bonds. The maximum absolute atomic E-state index is 4.47. The number of aliphatic imine (C=N–C) groups is 1. The first-order valence-corrected chi connectivity index (χ1v) is 9.89. The van der Waals surface area contributed by atoms with Gasteiger partial charge in [0.1, 0.15) is 0 Å². The highest BCUT2D eigenvalue weighted by Crippen LogP contribution is 2.19. The van der Waals surface area contributed by atoms with E-state index in [-0.39, 0.29) is 24.0 Å². The number of guanidine groups is 1. The lowest BCUT2D eigenvalue weighted by molar-refractivity contribution is 0.281. The summed E-state index contributed by atoms with van der Waals surface area (Å²) >= 11 is 1.93. The highest BCUT2D eigenvalue weighted by atomic mass is 127. The first-order chi connectivity index (χ1) is 10.3. The minimum Gasteiger partial charge on any atom is -0.356 e. The van der Waals surface area contributed by atoms with Crippen molar-refractivity contribution >= 4 is 41.7 Å². The average Bonchev–Trinajstić information content (AvgIpc) is 3.15. The quantitative estimate of drug-likeness (QED) is 0.286. The molecule has 6 heteroatoms. The SMILES string of the molecule is CN=C(NCCCCSC)N1CCC(CN2CCCC2)C1.I. The third kappa shape index (κ3) is 6.83. The van der Waals surface area contributed by atoms with E-state index in [1.54, 1.807) is 0 Å². The zero-order valence-electron chi connectivity index (χ0n) is 14.2. The molecule has 2 rings (SSSR count). The summed E-state index contributed by atoms with van der Waals surface area (Å²) in [7, 11) is 1.91. The summed E-state index contributed by atoms with van der Waals surface area (Å²) in [6.45, 7) is 7.34. The fourth-order valence-electron chi connectivity index (χ4n) is 3.41. The largest absolute Gasteiger partial charge is 0.356 e. The normalized spacial score (nSPS) is 22.9. The lowest BCUT2D eigenvalue weighted by Gasteiger charge is -2.23. The van der Waals surface area contributed by atoms with E-state index in [9.17, 15) is 0 Å². The Morgan fingerprint density at radius 1 is 1.23 bits per heavy atom. The first kappa shape index (κ1) is 20.4. The molecule has 1 N–H and O–H groups in total. The maximum Gasteiger partial charge on any atom is 0.193 e. The van der Waals surface area contributed by atoms with Crippen LogP contribution in [-0.4, -0.2) is 74.1 Å². The molecule has 0 spiro atoms. The Kier molecular flexibility index (Phi) is 10.9. The molecular formula is C16H33IN4S. The van der Waals surface area contributed by atoms with Crippen LogP contribution in [0.5, 0.6) is 0 Å². The van der Waals surface area contributed by atoms with Crippen molar-refractivity contribution in [3.05, 3.63) is 0 Å². The highest BCUT2D eigenvalue weighted by molar-refractivity contribution is 14.0. The van der Waals surface area contributed by atoms with Gasteiger partial charge in [-0.25, -0.2) is 0 Å². The van der Waals surface area contributed by atoms with Crippen LogP contribution in [-0.2, 0) is 0 Å². The van der Waals surface area contributed by atoms with Crippen molar-refractivity contribution < 1.29 is 0 Å². The van der Waals surface area contributed by atoms with Crippen LogP contribution >= 0.6 is 35.7 Å². The molecule has 1 atom stereocenters. The maximum atomic E-state index is 4.47. The smallest absolute Gasteiger partial charge is 0.193 e. The van der Waals surface area contributed by atoms with Crippen LogP contribution in [0.3, 0.4) is 0 Å². The predicted molar refractivity (Wildman–Crippen MR) is 110 cm³/mol. The third-order valence-electron chi connectivity index (χ3n) is 4.57. The zero-order valence-corrected chi connectivity index (χ0v) is 17.4. The molecule has 0 bridgehead atoms. The van der Waals surface area contributed by atoms with Gasteiger partial charge in [-0.1, -0.05) is 0 Å².